The van der Waals surface area contributed by atoms with E-state index in [4.69, 9.17) is 0 Å². The molecular weight excluding hydrogens is 300 g/mol. The lowest BCUT2D eigenvalue weighted by Gasteiger charge is -2.38. The number of carbonyl (C=O) groups excluding carboxylic acids is 1. The molecule has 0 spiro atoms. The summed E-state index contributed by atoms with van der Waals surface area (Å²) in [6.07, 6.45) is 6.53. The fourth-order valence-corrected chi connectivity index (χ4v) is 4.77. The second kappa shape index (κ2) is 6.07. The number of aliphatic hydroxyl groups is 1. The van der Waals surface area contributed by atoms with Gasteiger partial charge in [0.2, 0.25) is 0 Å². The van der Waals surface area contributed by atoms with Crippen molar-refractivity contribution in [2.24, 2.45) is 5.41 Å². The van der Waals surface area contributed by atoms with Crippen molar-refractivity contribution in [3.05, 3.63) is 34.9 Å². The summed E-state index contributed by atoms with van der Waals surface area (Å²) < 4.78 is 0. The van der Waals surface area contributed by atoms with Crippen molar-refractivity contribution < 1.29 is 9.90 Å². The van der Waals surface area contributed by atoms with Gasteiger partial charge in [0.15, 0.2) is 0 Å². The SMILES string of the molecule is CC1(CO)CCN(C(=O)N[C@@H]2C[C@@H]3CCCc4cccc2c43)CC1. The molecular formula is C20H28N2O2. The predicted molar refractivity (Wildman–Crippen MR) is 94.0 cm³/mol. The molecule has 1 heterocycles. The molecule has 0 aromatic heterocycles. The fourth-order valence-electron chi connectivity index (χ4n) is 4.77. The summed E-state index contributed by atoms with van der Waals surface area (Å²) >= 11 is 0. The van der Waals surface area contributed by atoms with Gasteiger partial charge in [-0.25, -0.2) is 4.79 Å². The number of nitrogens with one attached hydrogen (secondary N) is 1. The second-order valence-corrected chi connectivity index (χ2v) is 8.20. The average molecular weight is 328 g/mol. The van der Waals surface area contributed by atoms with Crippen molar-refractivity contribution in [2.45, 2.75) is 57.4 Å². The van der Waals surface area contributed by atoms with Gasteiger partial charge in [0.1, 0.15) is 0 Å². The molecule has 2 atom stereocenters. The first kappa shape index (κ1) is 15.9. The highest BCUT2D eigenvalue weighted by Crippen LogP contribution is 2.47. The smallest absolute Gasteiger partial charge is 0.317 e. The molecule has 24 heavy (non-hydrogen) atoms. The van der Waals surface area contributed by atoms with Gasteiger partial charge in [-0.15, -0.1) is 0 Å². The molecule has 2 N–H and O–H groups in total. The Balaban J connectivity index is 1.44. The van der Waals surface area contributed by atoms with Gasteiger partial charge in [-0.05, 0) is 66.5 Å². The lowest BCUT2D eigenvalue weighted by Crippen LogP contribution is -2.48. The third-order valence-electron chi connectivity index (χ3n) is 6.47. The van der Waals surface area contributed by atoms with Gasteiger partial charge in [0.25, 0.3) is 0 Å². The highest BCUT2D eigenvalue weighted by molar-refractivity contribution is 5.75. The second-order valence-electron chi connectivity index (χ2n) is 8.20. The zero-order chi connectivity index (χ0) is 16.7. The van der Waals surface area contributed by atoms with Crippen molar-refractivity contribution in [1.82, 2.24) is 10.2 Å². The Morgan fingerprint density at radius 3 is 2.92 bits per heavy atom. The lowest BCUT2D eigenvalue weighted by atomic mass is 9.81. The number of amides is 2. The highest BCUT2D eigenvalue weighted by atomic mass is 16.3. The molecule has 1 fully saturated rings. The number of aryl methyl sites for hydroxylation is 1. The van der Waals surface area contributed by atoms with Crippen LogP contribution in [-0.4, -0.2) is 35.7 Å². The third-order valence-corrected chi connectivity index (χ3v) is 6.47. The summed E-state index contributed by atoms with van der Waals surface area (Å²) in [6.45, 7) is 3.80. The maximum atomic E-state index is 12.7. The van der Waals surface area contributed by atoms with Crippen LogP contribution < -0.4 is 5.32 Å². The van der Waals surface area contributed by atoms with Gasteiger partial charge < -0.3 is 15.3 Å². The molecule has 2 aliphatic carbocycles. The first-order valence-corrected chi connectivity index (χ1v) is 9.38. The quantitative estimate of drug-likeness (QED) is 0.875. The topological polar surface area (TPSA) is 52.6 Å². The number of rotatable bonds is 2. The molecule has 0 bridgehead atoms. The fraction of sp³-hybridized carbons (Fsp3) is 0.650. The molecule has 2 amide bonds. The number of aliphatic hydroxyl groups excluding tert-OH is 1. The van der Waals surface area contributed by atoms with Gasteiger partial charge in [-0.3, -0.25) is 0 Å². The number of likely N-dealkylation sites (tertiary alicyclic amines) is 1. The van der Waals surface area contributed by atoms with E-state index in [-0.39, 0.29) is 24.1 Å². The summed E-state index contributed by atoms with van der Waals surface area (Å²) in [5.41, 5.74) is 4.36. The van der Waals surface area contributed by atoms with Crippen molar-refractivity contribution in [1.29, 1.82) is 0 Å². The number of nitrogens with zero attached hydrogens (tertiary/aromatic N) is 1. The van der Waals surface area contributed by atoms with Crippen LogP contribution >= 0.6 is 0 Å². The van der Waals surface area contributed by atoms with E-state index >= 15 is 0 Å². The van der Waals surface area contributed by atoms with Crippen LogP contribution in [0.15, 0.2) is 18.2 Å². The Labute approximate surface area is 144 Å². The van der Waals surface area contributed by atoms with Gasteiger partial charge >= 0.3 is 6.03 Å². The van der Waals surface area contributed by atoms with Gasteiger partial charge in [-0.2, -0.15) is 0 Å². The van der Waals surface area contributed by atoms with Crippen molar-refractivity contribution in [3.63, 3.8) is 0 Å². The molecule has 0 radical (unpaired) electrons. The molecule has 1 saturated heterocycles. The summed E-state index contributed by atoms with van der Waals surface area (Å²) in [5.74, 6) is 0.634. The minimum atomic E-state index is -0.0184. The van der Waals surface area contributed by atoms with E-state index in [9.17, 15) is 9.90 Å². The molecule has 4 heteroatoms. The maximum Gasteiger partial charge on any atom is 0.317 e. The van der Waals surface area contributed by atoms with Gasteiger partial charge in [-0.1, -0.05) is 25.1 Å². The van der Waals surface area contributed by atoms with Crippen LogP contribution in [0.1, 0.15) is 67.7 Å². The van der Waals surface area contributed by atoms with E-state index in [0.717, 1.165) is 32.4 Å². The van der Waals surface area contributed by atoms with Crippen molar-refractivity contribution in [2.75, 3.05) is 19.7 Å². The summed E-state index contributed by atoms with van der Waals surface area (Å²) in [4.78, 5) is 14.6. The summed E-state index contributed by atoms with van der Waals surface area (Å²) in [7, 11) is 0. The third kappa shape index (κ3) is 2.71. The average Bonchev–Trinajstić information content (AvgIpc) is 2.95. The highest BCUT2D eigenvalue weighted by Gasteiger charge is 2.37. The Morgan fingerprint density at radius 2 is 2.17 bits per heavy atom. The monoisotopic (exact) mass is 328 g/mol. The predicted octanol–water partition coefficient (Wildman–Crippen LogP) is 3.36. The van der Waals surface area contributed by atoms with E-state index in [2.05, 4.69) is 30.4 Å². The van der Waals surface area contributed by atoms with Crippen LogP contribution in [0.2, 0.25) is 0 Å². The Bertz CT molecular complexity index is 635. The van der Waals surface area contributed by atoms with Gasteiger partial charge in [0, 0.05) is 19.7 Å². The zero-order valence-corrected chi connectivity index (χ0v) is 14.6. The molecule has 1 aromatic rings. The molecule has 4 rings (SSSR count). The molecule has 0 saturated carbocycles. The molecule has 1 aromatic carbocycles. The standard InChI is InChI=1S/C20H28N2O2/c1-20(13-23)8-10-22(11-9-20)19(24)21-17-12-15-6-2-4-14-5-3-7-16(17)18(14)15/h3,5,7,15,17,23H,2,4,6,8-13H2,1H3,(H,21,24)/t15-,17+/m0/s1. The Kier molecular flexibility index (Phi) is 4.03. The molecule has 1 aliphatic heterocycles. The van der Waals surface area contributed by atoms with E-state index in [1.165, 1.54) is 36.0 Å². The normalized spacial score (nSPS) is 27.7. The summed E-state index contributed by atoms with van der Waals surface area (Å²) in [5, 5.41) is 12.8. The molecule has 130 valence electrons. The number of carbonyl (C=O) groups is 1. The summed E-state index contributed by atoms with van der Waals surface area (Å²) in [6, 6.07) is 6.84. The van der Waals surface area contributed by atoms with E-state index < -0.39 is 0 Å². The van der Waals surface area contributed by atoms with Crippen LogP contribution in [0.4, 0.5) is 4.79 Å². The Morgan fingerprint density at radius 1 is 1.38 bits per heavy atom. The van der Waals surface area contributed by atoms with Crippen molar-refractivity contribution in [3.8, 4) is 0 Å². The minimum absolute atomic E-state index is 0.0184. The number of hydrogen-bond donors (Lipinski definition) is 2. The zero-order valence-electron chi connectivity index (χ0n) is 14.6. The molecule has 4 nitrogen and oxygen atoms in total. The largest absolute Gasteiger partial charge is 0.396 e. The van der Waals surface area contributed by atoms with Crippen LogP contribution in [0.5, 0.6) is 0 Å². The first-order valence-electron chi connectivity index (χ1n) is 9.38. The van der Waals surface area contributed by atoms with Crippen LogP contribution in [0.3, 0.4) is 0 Å². The maximum absolute atomic E-state index is 12.7. The van der Waals surface area contributed by atoms with E-state index in [1.807, 2.05) is 4.90 Å². The first-order chi connectivity index (χ1) is 11.6. The minimum Gasteiger partial charge on any atom is -0.396 e. The van der Waals surface area contributed by atoms with Crippen LogP contribution in [0.25, 0.3) is 0 Å². The number of hydrogen-bond acceptors (Lipinski definition) is 2. The molecule has 3 aliphatic rings. The lowest BCUT2D eigenvalue weighted by molar-refractivity contribution is 0.0694. The number of piperidine rings is 1. The molecule has 0 unspecified atom stereocenters. The van der Waals surface area contributed by atoms with Gasteiger partial charge in [0.05, 0.1) is 6.04 Å². The Hall–Kier alpha value is -1.55. The van der Waals surface area contributed by atoms with E-state index in [0.29, 0.717) is 5.92 Å². The van der Waals surface area contributed by atoms with E-state index in [1.54, 1.807) is 0 Å². The number of benzene rings is 1. The van der Waals surface area contributed by atoms with Crippen molar-refractivity contribution >= 4 is 6.03 Å². The van der Waals surface area contributed by atoms with Crippen LogP contribution in [0, 0.1) is 5.41 Å². The van der Waals surface area contributed by atoms with Crippen LogP contribution in [-0.2, 0) is 6.42 Å². The number of urea groups is 1.